The second kappa shape index (κ2) is 5.92. The van der Waals surface area contributed by atoms with Gasteiger partial charge in [-0.3, -0.25) is 0 Å². The Balaban J connectivity index is 1.73. The number of anilines is 1. The summed E-state index contributed by atoms with van der Waals surface area (Å²) in [4.78, 5) is 8.60. The molecule has 26 heavy (non-hydrogen) atoms. The molecule has 4 rings (SSSR count). The predicted octanol–water partition coefficient (Wildman–Crippen LogP) is 3.92. The van der Waals surface area contributed by atoms with Gasteiger partial charge < -0.3 is 19.8 Å². The van der Waals surface area contributed by atoms with Gasteiger partial charge in [0.25, 0.3) is 0 Å². The fourth-order valence-electron chi connectivity index (χ4n) is 5.22. The molecular weight excluding hydrogens is 328 g/mol. The zero-order chi connectivity index (χ0) is 18.7. The molecule has 2 fully saturated rings. The van der Waals surface area contributed by atoms with Crippen LogP contribution in [-0.2, 0) is 9.47 Å². The van der Waals surface area contributed by atoms with E-state index in [4.69, 9.17) is 15.2 Å². The molecule has 0 spiro atoms. The van der Waals surface area contributed by atoms with Crippen LogP contribution >= 0.6 is 0 Å². The van der Waals surface area contributed by atoms with E-state index in [-0.39, 0.29) is 23.7 Å². The first-order valence-electron chi connectivity index (χ1n) is 9.67. The first kappa shape index (κ1) is 17.7. The van der Waals surface area contributed by atoms with Crippen molar-refractivity contribution >= 4 is 16.9 Å². The van der Waals surface area contributed by atoms with Crippen LogP contribution < -0.4 is 5.73 Å². The molecule has 0 aromatic carbocycles. The summed E-state index contributed by atoms with van der Waals surface area (Å²) >= 11 is 0. The van der Waals surface area contributed by atoms with E-state index in [2.05, 4.69) is 41.5 Å². The van der Waals surface area contributed by atoms with Crippen LogP contribution in [-0.4, -0.2) is 32.5 Å². The molecule has 6 heteroatoms. The highest BCUT2D eigenvalue weighted by atomic mass is 16.8. The monoisotopic (exact) mass is 358 g/mol. The molecule has 0 unspecified atom stereocenters. The summed E-state index contributed by atoms with van der Waals surface area (Å²) in [7, 11) is 0. The van der Waals surface area contributed by atoms with E-state index in [1.54, 1.807) is 0 Å². The average Bonchev–Trinajstić information content (AvgIpc) is 3.10. The highest BCUT2D eigenvalue weighted by Gasteiger charge is 2.56. The van der Waals surface area contributed by atoms with Gasteiger partial charge in [-0.05, 0) is 50.5 Å². The number of hydrogen-bond donors (Lipinski definition) is 1. The molecule has 2 aromatic rings. The molecule has 3 heterocycles. The second-order valence-electron chi connectivity index (χ2n) is 8.88. The van der Waals surface area contributed by atoms with E-state index in [1.807, 2.05) is 19.9 Å². The van der Waals surface area contributed by atoms with Gasteiger partial charge in [-0.1, -0.05) is 20.8 Å². The van der Waals surface area contributed by atoms with Gasteiger partial charge in [-0.15, -0.1) is 0 Å². The number of nitrogens with two attached hydrogens (primary N) is 1. The molecule has 1 aliphatic carbocycles. The summed E-state index contributed by atoms with van der Waals surface area (Å²) < 4.78 is 15.1. The highest BCUT2D eigenvalue weighted by molar-refractivity contribution is 5.86. The molecule has 0 amide bonds. The Morgan fingerprint density at radius 1 is 1.27 bits per heavy atom. The average molecular weight is 358 g/mol. The molecule has 1 saturated carbocycles. The minimum atomic E-state index is -0.568. The summed E-state index contributed by atoms with van der Waals surface area (Å²) in [5.41, 5.74) is 7.06. The third-order valence-corrected chi connectivity index (χ3v) is 6.14. The third-order valence-electron chi connectivity index (χ3n) is 6.14. The fraction of sp³-hybridized carbons (Fsp3) is 0.700. The lowest BCUT2D eigenvalue weighted by Crippen LogP contribution is -2.50. The van der Waals surface area contributed by atoms with Gasteiger partial charge in [0.05, 0.1) is 17.5 Å². The van der Waals surface area contributed by atoms with Crippen LogP contribution in [0.2, 0.25) is 0 Å². The van der Waals surface area contributed by atoms with Crippen molar-refractivity contribution in [3.8, 4) is 0 Å². The first-order chi connectivity index (χ1) is 12.2. The molecule has 2 N–H and O–H groups in total. The van der Waals surface area contributed by atoms with Crippen LogP contribution in [0.5, 0.6) is 0 Å². The Labute approximate surface area is 155 Å². The molecule has 0 bridgehead atoms. The van der Waals surface area contributed by atoms with Crippen LogP contribution in [0.15, 0.2) is 18.6 Å². The molecule has 0 radical (unpaired) electrons. The number of fused-ring (bicyclic) bond motifs is 1. The Morgan fingerprint density at radius 3 is 2.65 bits per heavy atom. The van der Waals surface area contributed by atoms with Gasteiger partial charge in [-0.2, -0.15) is 0 Å². The molecule has 3 atom stereocenters. The van der Waals surface area contributed by atoms with Crippen LogP contribution in [0.25, 0.3) is 11.0 Å². The first-order valence-corrected chi connectivity index (χ1v) is 9.67. The minimum absolute atomic E-state index is 0.0145. The van der Waals surface area contributed by atoms with Gasteiger partial charge in [0.1, 0.15) is 23.9 Å². The van der Waals surface area contributed by atoms with E-state index in [0.29, 0.717) is 5.82 Å². The third kappa shape index (κ3) is 2.70. The number of nitrogen functional groups attached to an aromatic ring is 1. The molecule has 1 saturated heterocycles. The summed E-state index contributed by atoms with van der Waals surface area (Å²) in [6.45, 7) is 10.9. The lowest BCUT2D eigenvalue weighted by Gasteiger charge is -2.49. The summed E-state index contributed by atoms with van der Waals surface area (Å²) in [6.07, 6.45) is 6.95. The second-order valence-corrected chi connectivity index (χ2v) is 8.88. The van der Waals surface area contributed by atoms with Crippen molar-refractivity contribution < 1.29 is 9.47 Å². The van der Waals surface area contributed by atoms with E-state index in [9.17, 15) is 0 Å². The van der Waals surface area contributed by atoms with Crippen LogP contribution in [0, 0.1) is 11.3 Å². The topological polar surface area (TPSA) is 75.2 Å². The molecule has 6 nitrogen and oxygen atoms in total. The van der Waals surface area contributed by atoms with Gasteiger partial charge in [0, 0.05) is 6.20 Å². The summed E-state index contributed by atoms with van der Waals surface area (Å²) in [5.74, 6) is 0.707. The highest BCUT2D eigenvalue weighted by Crippen LogP contribution is 2.54. The number of nitrogens with zero attached hydrogens (tertiary/aromatic N) is 3. The fourth-order valence-corrected chi connectivity index (χ4v) is 5.22. The van der Waals surface area contributed by atoms with E-state index in [0.717, 1.165) is 23.4 Å². The van der Waals surface area contributed by atoms with Crippen LogP contribution in [0.3, 0.4) is 0 Å². The van der Waals surface area contributed by atoms with Crippen molar-refractivity contribution in [2.75, 3.05) is 5.73 Å². The largest absolute Gasteiger partial charge is 0.383 e. The maximum atomic E-state index is 6.46. The van der Waals surface area contributed by atoms with E-state index < -0.39 is 5.79 Å². The Morgan fingerprint density at radius 2 is 2.00 bits per heavy atom. The van der Waals surface area contributed by atoms with Gasteiger partial charge >= 0.3 is 0 Å². The van der Waals surface area contributed by atoms with Crippen LogP contribution in [0.1, 0.15) is 59.9 Å². The van der Waals surface area contributed by atoms with Gasteiger partial charge in [0.15, 0.2) is 5.79 Å². The number of aromatic nitrogens is 3. The zero-order valence-electron chi connectivity index (χ0n) is 16.4. The van der Waals surface area contributed by atoms with E-state index in [1.165, 1.54) is 19.2 Å². The molecule has 2 aromatic heterocycles. The summed E-state index contributed by atoms with van der Waals surface area (Å²) in [5, 5.41) is 0.893. The molecular formula is C20H30N4O2. The van der Waals surface area contributed by atoms with Gasteiger partial charge in [-0.25, -0.2) is 9.97 Å². The lowest BCUT2D eigenvalue weighted by atomic mass is 9.59. The van der Waals surface area contributed by atoms with Crippen LogP contribution in [0.4, 0.5) is 5.82 Å². The molecule has 2 aliphatic rings. The number of hydrogen-bond acceptors (Lipinski definition) is 5. The van der Waals surface area contributed by atoms with Crippen molar-refractivity contribution in [1.82, 2.24) is 14.5 Å². The Hall–Kier alpha value is -1.66. The van der Waals surface area contributed by atoms with Crippen molar-refractivity contribution in [1.29, 1.82) is 0 Å². The van der Waals surface area contributed by atoms with Crippen molar-refractivity contribution in [2.45, 2.75) is 77.9 Å². The Bertz CT molecular complexity index is 809. The minimum Gasteiger partial charge on any atom is -0.383 e. The van der Waals surface area contributed by atoms with Crippen molar-refractivity contribution in [2.24, 2.45) is 11.3 Å². The smallest absolute Gasteiger partial charge is 0.163 e. The Kier molecular flexibility index (Phi) is 4.04. The molecule has 1 aliphatic heterocycles. The quantitative estimate of drug-likeness (QED) is 0.896. The SMILES string of the molecule is CC[C@H]([C@@H]1OC(C)(C)O[C@@H]1C1(C)CC(C)C1)n1ccc2c(N)ncnc21. The van der Waals surface area contributed by atoms with Crippen molar-refractivity contribution in [3.05, 3.63) is 18.6 Å². The van der Waals surface area contributed by atoms with Gasteiger partial charge in [0.2, 0.25) is 0 Å². The number of rotatable bonds is 4. The lowest BCUT2D eigenvalue weighted by molar-refractivity contribution is -0.168. The predicted molar refractivity (Wildman–Crippen MR) is 102 cm³/mol. The standard InChI is InChI=1S/C20H30N4O2/c1-6-14(24-8-7-13-17(21)22-11-23-18(13)24)15-16(26-19(3,4)25-15)20(5)9-12(2)10-20/h7-8,11-12,14-16H,6,9-10H2,1-5H3,(H2,21,22,23)/t12?,14-,15+,16+,20?/m1/s1. The molecule has 142 valence electrons. The zero-order valence-corrected chi connectivity index (χ0v) is 16.4. The normalized spacial score (nSPS) is 34.7. The van der Waals surface area contributed by atoms with E-state index >= 15 is 0 Å². The maximum Gasteiger partial charge on any atom is 0.163 e. The van der Waals surface area contributed by atoms with Crippen molar-refractivity contribution in [3.63, 3.8) is 0 Å². The summed E-state index contributed by atoms with van der Waals surface area (Å²) in [6, 6.07) is 2.14. The maximum absolute atomic E-state index is 6.46. The number of ether oxygens (including phenoxy) is 2.